The molecule has 6 heteroatoms. The fraction of sp³-hybridized carbons (Fsp3) is 0.286. The summed E-state index contributed by atoms with van der Waals surface area (Å²) >= 11 is 3.14. The van der Waals surface area contributed by atoms with E-state index in [4.69, 9.17) is 0 Å². The van der Waals surface area contributed by atoms with Crippen LogP contribution >= 0.6 is 15.9 Å². The predicted octanol–water partition coefficient (Wildman–Crippen LogP) is 0.849. The van der Waals surface area contributed by atoms with Crippen molar-refractivity contribution in [2.75, 3.05) is 6.26 Å². The summed E-state index contributed by atoms with van der Waals surface area (Å²) in [5.74, 6) is 0. The van der Waals surface area contributed by atoms with Gasteiger partial charge in [0.05, 0.1) is 0 Å². The molecule has 1 N–H and O–H groups in total. The van der Waals surface area contributed by atoms with E-state index in [-0.39, 0.29) is 4.90 Å². The van der Waals surface area contributed by atoms with E-state index in [1.54, 1.807) is 6.92 Å². The van der Waals surface area contributed by atoms with E-state index < -0.39 is 15.4 Å². The molecule has 1 heterocycles. The Morgan fingerprint density at radius 3 is 2.38 bits per heavy atom. The van der Waals surface area contributed by atoms with E-state index in [9.17, 15) is 13.2 Å². The lowest BCUT2D eigenvalue weighted by Gasteiger charge is -2.03. The lowest BCUT2D eigenvalue weighted by atomic mass is 10.3. The van der Waals surface area contributed by atoms with E-state index >= 15 is 0 Å². The van der Waals surface area contributed by atoms with Crippen LogP contribution in [-0.2, 0) is 9.84 Å². The first-order valence-corrected chi connectivity index (χ1v) is 6.10. The minimum absolute atomic E-state index is 0.179. The molecule has 72 valence electrons. The lowest BCUT2D eigenvalue weighted by molar-refractivity contribution is 0.599. The van der Waals surface area contributed by atoms with E-state index in [0.29, 0.717) is 10.0 Å². The zero-order valence-electron chi connectivity index (χ0n) is 7.09. The molecule has 4 nitrogen and oxygen atoms in total. The number of H-pyrrole nitrogens is 1. The molecule has 0 amide bonds. The van der Waals surface area contributed by atoms with Gasteiger partial charge >= 0.3 is 0 Å². The summed E-state index contributed by atoms with van der Waals surface area (Å²) in [4.78, 5) is 13.3. The molecule has 0 aromatic carbocycles. The maximum absolute atomic E-state index is 11.2. The van der Waals surface area contributed by atoms with Crippen molar-refractivity contribution in [2.45, 2.75) is 11.8 Å². The van der Waals surface area contributed by atoms with Gasteiger partial charge in [0.15, 0.2) is 9.84 Å². The third kappa shape index (κ3) is 2.00. The highest BCUT2D eigenvalue weighted by molar-refractivity contribution is 9.10. The average Bonchev–Trinajstić information content (AvgIpc) is 1.95. The van der Waals surface area contributed by atoms with Crippen LogP contribution in [0, 0.1) is 6.92 Å². The molecule has 0 fully saturated rings. The second-order valence-electron chi connectivity index (χ2n) is 2.69. The fourth-order valence-electron chi connectivity index (χ4n) is 1.03. The standard InChI is InChI=1S/C7H8BrNO3S/c1-4-5(8)3-9-7(10)6(4)13(2,11)12/h3H,1-2H3,(H,9,10). The van der Waals surface area contributed by atoms with E-state index in [1.165, 1.54) is 6.20 Å². The molecule has 1 aromatic heterocycles. The lowest BCUT2D eigenvalue weighted by Crippen LogP contribution is -2.18. The van der Waals surface area contributed by atoms with Crippen molar-refractivity contribution in [1.82, 2.24) is 4.98 Å². The minimum atomic E-state index is -3.46. The number of halogens is 1. The molecule has 1 aromatic rings. The summed E-state index contributed by atoms with van der Waals surface area (Å²) in [6.45, 7) is 1.58. The Bertz CT molecular complexity index is 489. The smallest absolute Gasteiger partial charge is 0.267 e. The van der Waals surface area contributed by atoms with Crippen LogP contribution in [0.5, 0.6) is 0 Å². The molecule has 0 spiro atoms. The van der Waals surface area contributed by atoms with Gasteiger partial charge in [-0.25, -0.2) is 8.42 Å². The van der Waals surface area contributed by atoms with Crippen LogP contribution in [0.4, 0.5) is 0 Å². The summed E-state index contributed by atoms with van der Waals surface area (Å²) in [6, 6.07) is 0. The number of aromatic nitrogens is 1. The van der Waals surface area contributed by atoms with Crippen molar-refractivity contribution in [1.29, 1.82) is 0 Å². The fourth-order valence-corrected chi connectivity index (χ4v) is 2.53. The molecule has 0 saturated carbocycles. The monoisotopic (exact) mass is 265 g/mol. The van der Waals surface area contributed by atoms with Crippen LogP contribution < -0.4 is 5.56 Å². The van der Waals surface area contributed by atoms with Gasteiger partial charge < -0.3 is 4.98 Å². The van der Waals surface area contributed by atoms with Crippen LogP contribution in [0.25, 0.3) is 0 Å². The topological polar surface area (TPSA) is 67.0 Å². The number of hydrogen-bond donors (Lipinski definition) is 1. The molecule has 0 radical (unpaired) electrons. The molecular formula is C7H8BrNO3S. The molecule has 13 heavy (non-hydrogen) atoms. The largest absolute Gasteiger partial charge is 0.327 e. The third-order valence-corrected chi connectivity index (χ3v) is 3.66. The second-order valence-corrected chi connectivity index (χ2v) is 5.50. The second kappa shape index (κ2) is 3.26. The van der Waals surface area contributed by atoms with Gasteiger partial charge in [0.25, 0.3) is 5.56 Å². The maximum Gasteiger partial charge on any atom is 0.267 e. The van der Waals surface area contributed by atoms with E-state index in [1.807, 2.05) is 0 Å². The number of pyridine rings is 1. The zero-order valence-corrected chi connectivity index (χ0v) is 9.49. The van der Waals surface area contributed by atoms with Crippen LogP contribution in [0.1, 0.15) is 5.56 Å². The highest BCUT2D eigenvalue weighted by atomic mass is 79.9. The molecule has 1 rings (SSSR count). The van der Waals surface area contributed by atoms with Crippen LogP contribution in [0.15, 0.2) is 20.4 Å². The zero-order chi connectivity index (χ0) is 10.2. The predicted molar refractivity (Wildman–Crippen MR) is 52.6 cm³/mol. The number of hydrogen-bond acceptors (Lipinski definition) is 3. The first kappa shape index (κ1) is 10.5. The number of rotatable bonds is 1. The molecular weight excluding hydrogens is 258 g/mol. The quantitative estimate of drug-likeness (QED) is 0.819. The molecule has 0 saturated heterocycles. The van der Waals surface area contributed by atoms with Crippen molar-refractivity contribution < 1.29 is 8.42 Å². The van der Waals surface area contributed by atoms with Crippen molar-refractivity contribution in [3.63, 3.8) is 0 Å². The van der Waals surface area contributed by atoms with Gasteiger partial charge in [0.2, 0.25) is 0 Å². The number of nitrogens with one attached hydrogen (secondary N) is 1. The summed E-state index contributed by atoms with van der Waals surface area (Å²) in [6.07, 6.45) is 2.43. The highest BCUT2D eigenvalue weighted by Crippen LogP contribution is 2.18. The van der Waals surface area contributed by atoms with Gasteiger partial charge in [0.1, 0.15) is 4.90 Å². The average molecular weight is 266 g/mol. The van der Waals surface area contributed by atoms with Gasteiger partial charge in [-0.05, 0) is 28.4 Å². The normalized spacial score (nSPS) is 11.6. The van der Waals surface area contributed by atoms with Gasteiger partial charge in [-0.15, -0.1) is 0 Å². The van der Waals surface area contributed by atoms with Crippen molar-refractivity contribution in [3.8, 4) is 0 Å². The molecule has 0 aliphatic rings. The third-order valence-electron chi connectivity index (χ3n) is 1.61. The Labute approximate surface area is 84.0 Å². The van der Waals surface area contributed by atoms with Crippen molar-refractivity contribution in [3.05, 3.63) is 26.6 Å². The Balaban J connectivity index is 3.73. The molecule has 0 aliphatic heterocycles. The van der Waals surface area contributed by atoms with Gasteiger partial charge in [-0.3, -0.25) is 4.79 Å². The van der Waals surface area contributed by atoms with Crippen molar-refractivity contribution >= 4 is 25.8 Å². The molecule has 0 atom stereocenters. The molecule has 0 aliphatic carbocycles. The number of aromatic amines is 1. The summed E-state index contributed by atoms with van der Waals surface area (Å²) in [7, 11) is -3.46. The SMILES string of the molecule is Cc1c(Br)c[nH]c(=O)c1S(C)(=O)=O. The van der Waals surface area contributed by atoms with Gasteiger partial charge in [0, 0.05) is 16.9 Å². The first-order valence-electron chi connectivity index (χ1n) is 3.42. The van der Waals surface area contributed by atoms with E-state index in [2.05, 4.69) is 20.9 Å². The Morgan fingerprint density at radius 1 is 1.46 bits per heavy atom. The maximum atomic E-state index is 11.2. The van der Waals surface area contributed by atoms with Gasteiger partial charge in [-0.2, -0.15) is 0 Å². The Kier molecular flexibility index (Phi) is 2.63. The van der Waals surface area contributed by atoms with Gasteiger partial charge in [-0.1, -0.05) is 0 Å². The summed E-state index contributed by atoms with van der Waals surface area (Å²) in [5, 5.41) is 0. The van der Waals surface area contributed by atoms with E-state index in [0.717, 1.165) is 6.26 Å². The highest BCUT2D eigenvalue weighted by Gasteiger charge is 2.17. The minimum Gasteiger partial charge on any atom is -0.327 e. The number of sulfone groups is 1. The first-order chi connectivity index (χ1) is 5.84. The molecule has 0 unspecified atom stereocenters. The van der Waals surface area contributed by atoms with Crippen molar-refractivity contribution in [2.24, 2.45) is 0 Å². The Morgan fingerprint density at radius 2 is 2.00 bits per heavy atom. The summed E-state index contributed by atoms with van der Waals surface area (Å²) < 4.78 is 22.9. The molecule has 0 bridgehead atoms. The van der Waals surface area contributed by atoms with Crippen LogP contribution in [0.2, 0.25) is 0 Å². The van der Waals surface area contributed by atoms with Crippen LogP contribution in [0.3, 0.4) is 0 Å². The Hall–Kier alpha value is -0.620. The summed E-state index contributed by atoms with van der Waals surface area (Å²) in [5.41, 5.74) is -0.144. The van der Waals surface area contributed by atoms with Crippen LogP contribution in [-0.4, -0.2) is 19.7 Å².